The van der Waals surface area contributed by atoms with Crippen molar-refractivity contribution >= 4 is 32.9 Å². The first-order chi connectivity index (χ1) is 16.8. The van der Waals surface area contributed by atoms with E-state index in [0.717, 1.165) is 28.2 Å². The Morgan fingerprint density at radius 3 is 1.86 bits per heavy atom. The summed E-state index contributed by atoms with van der Waals surface area (Å²) in [7, 11) is -3.93. The number of sulfonamides is 1. The van der Waals surface area contributed by atoms with Gasteiger partial charge in [-0.05, 0) is 69.3 Å². The maximum absolute atomic E-state index is 13.3. The number of para-hydroxylation sites is 1. The fraction of sp³-hybridized carbons (Fsp3) is 0.138. The highest BCUT2D eigenvalue weighted by Gasteiger charge is 2.23. The Balaban J connectivity index is 1.76. The third-order valence-corrected chi connectivity index (χ3v) is 6.79. The van der Waals surface area contributed by atoms with Crippen LogP contribution in [0, 0.1) is 6.92 Å². The van der Waals surface area contributed by atoms with E-state index < -0.39 is 10.0 Å². The molecule has 0 aliphatic rings. The summed E-state index contributed by atoms with van der Waals surface area (Å²) in [6.45, 7) is 5.96. The quantitative estimate of drug-likeness (QED) is 0.232. The summed E-state index contributed by atoms with van der Waals surface area (Å²) in [5, 5.41) is 3.38. The molecule has 0 radical (unpaired) electrons. The highest BCUT2D eigenvalue weighted by Crippen LogP contribution is 2.26. The Kier molecular flexibility index (Phi) is 7.32. The first kappa shape index (κ1) is 24.2. The second-order valence-electron chi connectivity index (χ2n) is 8.57. The van der Waals surface area contributed by atoms with E-state index >= 15 is 0 Å². The van der Waals surface area contributed by atoms with E-state index in [1.54, 1.807) is 24.3 Å². The van der Waals surface area contributed by atoms with Crippen LogP contribution < -0.4 is 10.2 Å². The minimum absolute atomic E-state index is 0.0462. The standard InChI is InChI=1S/C29H29N3O2S/c1-22(2)32(27-18-16-26(17-19-27)30-25-12-8-5-9-13-25)29(24-10-6-4-7-11-24)31-35(33,34)28-20-14-23(3)15-21-28/h4-22,30H,1-3H3. The predicted octanol–water partition coefficient (Wildman–Crippen LogP) is 6.79. The number of amidine groups is 1. The van der Waals surface area contributed by atoms with E-state index in [1.807, 2.05) is 111 Å². The van der Waals surface area contributed by atoms with Crippen molar-refractivity contribution in [3.05, 3.63) is 120 Å². The lowest BCUT2D eigenvalue weighted by Crippen LogP contribution is -2.38. The van der Waals surface area contributed by atoms with Crippen LogP contribution in [0.2, 0.25) is 0 Å². The van der Waals surface area contributed by atoms with Crippen LogP contribution in [-0.4, -0.2) is 20.3 Å². The zero-order valence-electron chi connectivity index (χ0n) is 20.1. The zero-order valence-corrected chi connectivity index (χ0v) is 20.9. The number of hydrogen-bond donors (Lipinski definition) is 1. The van der Waals surface area contributed by atoms with Gasteiger partial charge in [-0.1, -0.05) is 66.2 Å². The third kappa shape index (κ3) is 5.97. The van der Waals surface area contributed by atoms with E-state index in [0.29, 0.717) is 5.84 Å². The molecule has 0 atom stereocenters. The Morgan fingerprint density at radius 1 is 0.743 bits per heavy atom. The number of nitrogens with zero attached hydrogens (tertiary/aromatic N) is 2. The van der Waals surface area contributed by atoms with Crippen molar-refractivity contribution in [1.82, 2.24) is 0 Å². The average Bonchev–Trinajstić information content (AvgIpc) is 2.86. The van der Waals surface area contributed by atoms with Crippen LogP contribution in [-0.2, 0) is 10.0 Å². The molecule has 4 aromatic carbocycles. The predicted molar refractivity (Wildman–Crippen MR) is 145 cm³/mol. The van der Waals surface area contributed by atoms with Gasteiger partial charge in [-0.15, -0.1) is 4.40 Å². The lowest BCUT2D eigenvalue weighted by molar-refractivity contribution is 0.598. The number of aryl methyl sites for hydroxylation is 1. The topological polar surface area (TPSA) is 61.8 Å². The molecule has 0 heterocycles. The third-order valence-electron chi connectivity index (χ3n) is 5.51. The minimum Gasteiger partial charge on any atom is -0.356 e. The van der Waals surface area contributed by atoms with Crippen LogP contribution in [0.25, 0.3) is 0 Å². The monoisotopic (exact) mass is 483 g/mol. The molecule has 4 rings (SSSR count). The average molecular weight is 484 g/mol. The van der Waals surface area contributed by atoms with Crippen LogP contribution in [0.5, 0.6) is 0 Å². The van der Waals surface area contributed by atoms with Gasteiger partial charge in [-0.3, -0.25) is 0 Å². The summed E-state index contributed by atoms with van der Waals surface area (Å²) in [5.41, 5.74) is 4.50. The molecule has 0 bridgehead atoms. The molecule has 0 saturated heterocycles. The molecular weight excluding hydrogens is 454 g/mol. The molecule has 0 aliphatic heterocycles. The SMILES string of the molecule is Cc1ccc(S(=O)(=O)N=C(c2ccccc2)N(c2ccc(Nc3ccccc3)cc2)C(C)C)cc1. The molecule has 178 valence electrons. The van der Waals surface area contributed by atoms with Gasteiger partial charge < -0.3 is 10.2 Å². The number of anilines is 3. The Hall–Kier alpha value is -3.90. The second-order valence-corrected chi connectivity index (χ2v) is 10.2. The fourth-order valence-electron chi connectivity index (χ4n) is 3.76. The number of hydrogen-bond acceptors (Lipinski definition) is 3. The van der Waals surface area contributed by atoms with E-state index in [4.69, 9.17) is 0 Å². The summed E-state index contributed by atoms with van der Waals surface area (Å²) < 4.78 is 31.0. The summed E-state index contributed by atoms with van der Waals surface area (Å²) >= 11 is 0. The van der Waals surface area contributed by atoms with Crippen LogP contribution in [0.1, 0.15) is 25.0 Å². The molecule has 1 N–H and O–H groups in total. The van der Waals surface area contributed by atoms with E-state index in [1.165, 1.54) is 0 Å². The smallest absolute Gasteiger partial charge is 0.284 e. The van der Waals surface area contributed by atoms with Crippen molar-refractivity contribution in [2.45, 2.75) is 31.7 Å². The molecule has 0 spiro atoms. The summed E-state index contributed by atoms with van der Waals surface area (Å²) in [6.07, 6.45) is 0. The lowest BCUT2D eigenvalue weighted by Gasteiger charge is -2.30. The first-order valence-electron chi connectivity index (χ1n) is 11.5. The Morgan fingerprint density at radius 2 is 1.29 bits per heavy atom. The van der Waals surface area contributed by atoms with Crippen LogP contribution >= 0.6 is 0 Å². The molecule has 6 heteroatoms. The Bertz CT molecular complexity index is 1380. The van der Waals surface area contributed by atoms with Crippen molar-refractivity contribution in [3.8, 4) is 0 Å². The normalized spacial score (nSPS) is 11.9. The molecule has 0 saturated carbocycles. The minimum atomic E-state index is -3.93. The lowest BCUT2D eigenvalue weighted by atomic mass is 10.1. The Labute approximate surface area is 207 Å². The molecule has 5 nitrogen and oxygen atoms in total. The van der Waals surface area contributed by atoms with E-state index in [-0.39, 0.29) is 10.9 Å². The number of rotatable bonds is 7. The van der Waals surface area contributed by atoms with Crippen molar-refractivity contribution in [1.29, 1.82) is 0 Å². The first-order valence-corrected chi connectivity index (χ1v) is 13.0. The summed E-state index contributed by atoms with van der Waals surface area (Å²) in [5.74, 6) is 0.380. The molecule has 0 aliphatic carbocycles. The highest BCUT2D eigenvalue weighted by molar-refractivity contribution is 7.90. The number of nitrogens with one attached hydrogen (secondary N) is 1. The van der Waals surface area contributed by atoms with E-state index in [9.17, 15) is 8.42 Å². The molecule has 4 aromatic rings. The van der Waals surface area contributed by atoms with Crippen LogP contribution in [0.15, 0.2) is 118 Å². The maximum atomic E-state index is 13.3. The molecule has 35 heavy (non-hydrogen) atoms. The number of benzene rings is 4. The van der Waals surface area contributed by atoms with Crippen LogP contribution in [0.4, 0.5) is 17.1 Å². The molecular formula is C29H29N3O2S. The van der Waals surface area contributed by atoms with Gasteiger partial charge in [0.1, 0.15) is 0 Å². The van der Waals surface area contributed by atoms with Gasteiger partial charge >= 0.3 is 0 Å². The highest BCUT2D eigenvalue weighted by atomic mass is 32.2. The second kappa shape index (κ2) is 10.6. The zero-order chi connectivity index (χ0) is 24.8. The van der Waals surface area contributed by atoms with Gasteiger partial charge in [-0.25, -0.2) is 0 Å². The van der Waals surface area contributed by atoms with Crippen molar-refractivity contribution < 1.29 is 8.42 Å². The largest absolute Gasteiger partial charge is 0.356 e. The van der Waals surface area contributed by atoms with Gasteiger partial charge in [0.15, 0.2) is 5.84 Å². The van der Waals surface area contributed by atoms with Gasteiger partial charge in [0.05, 0.1) is 4.90 Å². The molecule has 0 fully saturated rings. The van der Waals surface area contributed by atoms with Crippen molar-refractivity contribution in [2.24, 2.45) is 4.40 Å². The molecule has 0 aromatic heterocycles. The van der Waals surface area contributed by atoms with Crippen molar-refractivity contribution in [2.75, 3.05) is 10.2 Å². The van der Waals surface area contributed by atoms with Crippen molar-refractivity contribution in [3.63, 3.8) is 0 Å². The maximum Gasteiger partial charge on any atom is 0.284 e. The summed E-state index contributed by atoms with van der Waals surface area (Å²) in [6, 6.07) is 34.0. The van der Waals surface area contributed by atoms with Crippen LogP contribution in [0.3, 0.4) is 0 Å². The van der Waals surface area contributed by atoms with E-state index in [2.05, 4.69) is 9.71 Å². The van der Waals surface area contributed by atoms with Gasteiger partial charge in [-0.2, -0.15) is 8.42 Å². The summed E-state index contributed by atoms with van der Waals surface area (Å²) in [4.78, 5) is 2.12. The van der Waals surface area contributed by atoms with Gasteiger partial charge in [0, 0.05) is 28.7 Å². The van der Waals surface area contributed by atoms with Gasteiger partial charge in [0.2, 0.25) is 0 Å². The molecule has 0 amide bonds. The molecule has 0 unspecified atom stereocenters. The fourth-order valence-corrected chi connectivity index (χ4v) is 4.76. The van der Waals surface area contributed by atoms with Gasteiger partial charge in [0.25, 0.3) is 10.0 Å².